The van der Waals surface area contributed by atoms with Crippen LogP contribution in [0.1, 0.15) is 39.5 Å². The molecule has 1 N–H and O–H groups in total. The quantitative estimate of drug-likeness (QED) is 0.759. The topological polar surface area (TPSA) is 21.3 Å². The van der Waals surface area contributed by atoms with Crippen molar-refractivity contribution in [2.45, 2.75) is 57.7 Å². The highest BCUT2D eigenvalue weighted by Gasteiger charge is 2.22. The van der Waals surface area contributed by atoms with E-state index in [1.54, 1.807) is 0 Å². The van der Waals surface area contributed by atoms with Crippen molar-refractivity contribution >= 4 is 11.8 Å². The Morgan fingerprint density at radius 3 is 3.00 bits per heavy atom. The SMILES string of the molecule is CCCC1CC(NC(C)CSC)CCO1. The van der Waals surface area contributed by atoms with Crippen molar-refractivity contribution in [2.24, 2.45) is 0 Å². The largest absolute Gasteiger partial charge is 0.378 e. The number of hydrogen-bond donors (Lipinski definition) is 1. The Balaban J connectivity index is 2.23. The number of rotatable bonds is 6. The smallest absolute Gasteiger partial charge is 0.0589 e. The summed E-state index contributed by atoms with van der Waals surface area (Å²) in [6, 6.07) is 1.31. The van der Waals surface area contributed by atoms with Gasteiger partial charge in [0.1, 0.15) is 0 Å². The minimum absolute atomic E-state index is 0.503. The van der Waals surface area contributed by atoms with Gasteiger partial charge in [0.15, 0.2) is 0 Å². The molecule has 0 aromatic carbocycles. The standard InChI is InChI=1S/C12H25NOS/c1-4-5-12-8-11(6-7-14-12)13-10(2)9-15-3/h10-13H,4-9H2,1-3H3. The first kappa shape index (κ1) is 13.3. The van der Waals surface area contributed by atoms with Crippen LogP contribution in [0.5, 0.6) is 0 Å². The van der Waals surface area contributed by atoms with Crippen molar-refractivity contribution in [1.29, 1.82) is 0 Å². The van der Waals surface area contributed by atoms with Gasteiger partial charge in [-0.2, -0.15) is 11.8 Å². The van der Waals surface area contributed by atoms with Gasteiger partial charge in [-0.3, -0.25) is 0 Å². The van der Waals surface area contributed by atoms with Crippen molar-refractivity contribution in [1.82, 2.24) is 5.32 Å². The molecule has 90 valence electrons. The molecule has 3 heteroatoms. The molecule has 0 spiro atoms. The van der Waals surface area contributed by atoms with E-state index in [9.17, 15) is 0 Å². The summed E-state index contributed by atoms with van der Waals surface area (Å²) < 4.78 is 5.74. The molecule has 1 heterocycles. The van der Waals surface area contributed by atoms with Crippen molar-refractivity contribution < 1.29 is 4.74 Å². The third kappa shape index (κ3) is 5.23. The van der Waals surface area contributed by atoms with Gasteiger partial charge < -0.3 is 10.1 Å². The summed E-state index contributed by atoms with van der Waals surface area (Å²) in [5.41, 5.74) is 0. The zero-order valence-corrected chi connectivity index (χ0v) is 11.1. The molecular formula is C12H25NOS. The van der Waals surface area contributed by atoms with E-state index in [1.807, 2.05) is 11.8 Å². The fraction of sp³-hybridized carbons (Fsp3) is 1.00. The molecule has 0 radical (unpaired) electrons. The first-order chi connectivity index (χ1) is 7.26. The zero-order valence-electron chi connectivity index (χ0n) is 10.3. The van der Waals surface area contributed by atoms with Gasteiger partial charge in [-0.15, -0.1) is 0 Å². The van der Waals surface area contributed by atoms with E-state index in [2.05, 4.69) is 25.4 Å². The van der Waals surface area contributed by atoms with Crippen LogP contribution in [0.4, 0.5) is 0 Å². The van der Waals surface area contributed by atoms with Crippen LogP contribution in [0.15, 0.2) is 0 Å². The zero-order chi connectivity index (χ0) is 11.1. The van der Waals surface area contributed by atoms with Gasteiger partial charge in [0.2, 0.25) is 0 Å². The normalized spacial score (nSPS) is 29.0. The summed E-state index contributed by atoms with van der Waals surface area (Å²) >= 11 is 1.92. The van der Waals surface area contributed by atoms with Crippen LogP contribution >= 0.6 is 11.8 Å². The number of hydrogen-bond acceptors (Lipinski definition) is 3. The van der Waals surface area contributed by atoms with Crippen molar-refractivity contribution in [3.05, 3.63) is 0 Å². The summed E-state index contributed by atoms with van der Waals surface area (Å²) in [6.45, 7) is 5.45. The average molecular weight is 231 g/mol. The van der Waals surface area contributed by atoms with Crippen molar-refractivity contribution in [3.63, 3.8) is 0 Å². The highest BCUT2D eigenvalue weighted by molar-refractivity contribution is 7.98. The van der Waals surface area contributed by atoms with Gasteiger partial charge in [-0.25, -0.2) is 0 Å². The maximum absolute atomic E-state index is 5.74. The lowest BCUT2D eigenvalue weighted by Gasteiger charge is -2.32. The van der Waals surface area contributed by atoms with E-state index in [-0.39, 0.29) is 0 Å². The molecule has 0 aliphatic carbocycles. The lowest BCUT2D eigenvalue weighted by atomic mass is 9.99. The highest BCUT2D eigenvalue weighted by Crippen LogP contribution is 2.18. The van der Waals surface area contributed by atoms with Gasteiger partial charge in [0.05, 0.1) is 6.10 Å². The van der Waals surface area contributed by atoms with E-state index >= 15 is 0 Å². The molecule has 1 aliphatic rings. The molecule has 1 fully saturated rings. The monoisotopic (exact) mass is 231 g/mol. The Hall–Kier alpha value is 0.270. The van der Waals surface area contributed by atoms with Crippen LogP contribution in [-0.4, -0.2) is 36.8 Å². The van der Waals surface area contributed by atoms with Gasteiger partial charge in [-0.1, -0.05) is 13.3 Å². The number of nitrogens with one attached hydrogen (secondary N) is 1. The highest BCUT2D eigenvalue weighted by atomic mass is 32.2. The molecule has 3 atom stereocenters. The molecule has 15 heavy (non-hydrogen) atoms. The Kier molecular flexibility index (Phi) is 6.69. The first-order valence-corrected chi connectivity index (χ1v) is 7.52. The predicted octanol–water partition coefficient (Wildman–Crippen LogP) is 2.68. The van der Waals surface area contributed by atoms with Crippen LogP contribution < -0.4 is 5.32 Å². The first-order valence-electron chi connectivity index (χ1n) is 6.12. The molecule has 1 aliphatic heterocycles. The second kappa shape index (κ2) is 7.53. The van der Waals surface area contributed by atoms with Crippen molar-refractivity contribution in [3.8, 4) is 0 Å². The summed E-state index contributed by atoms with van der Waals surface area (Å²) in [7, 11) is 0. The van der Waals surface area contributed by atoms with Crippen LogP contribution in [-0.2, 0) is 4.74 Å². The molecule has 2 nitrogen and oxygen atoms in total. The van der Waals surface area contributed by atoms with Gasteiger partial charge in [0, 0.05) is 24.4 Å². The Labute approximate surface area is 98.5 Å². The fourth-order valence-electron chi connectivity index (χ4n) is 2.26. The van der Waals surface area contributed by atoms with E-state index in [4.69, 9.17) is 4.74 Å². The van der Waals surface area contributed by atoms with Gasteiger partial charge in [0.25, 0.3) is 0 Å². The van der Waals surface area contributed by atoms with Crippen LogP contribution in [0, 0.1) is 0 Å². The lowest BCUT2D eigenvalue weighted by molar-refractivity contribution is -0.00426. The molecule has 3 unspecified atom stereocenters. The molecule has 1 saturated heterocycles. The Morgan fingerprint density at radius 1 is 1.53 bits per heavy atom. The molecule has 0 bridgehead atoms. The molecule has 0 aromatic heterocycles. The summed E-state index contributed by atoms with van der Waals surface area (Å²) in [6.07, 6.45) is 7.50. The van der Waals surface area contributed by atoms with E-state index in [1.165, 1.54) is 31.4 Å². The predicted molar refractivity (Wildman–Crippen MR) is 68.6 cm³/mol. The minimum atomic E-state index is 0.503. The Bertz CT molecular complexity index is 162. The Morgan fingerprint density at radius 2 is 2.33 bits per heavy atom. The maximum Gasteiger partial charge on any atom is 0.0589 e. The number of ether oxygens (including phenoxy) is 1. The third-order valence-electron chi connectivity index (χ3n) is 2.91. The molecule has 0 amide bonds. The van der Waals surface area contributed by atoms with Crippen LogP contribution in [0.3, 0.4) is 0 Å². The molecule has 1 rings (SSSR count). The molecule has 0 saturated carbocycles. The fourth-order valence-corrected chi connectivity index (χ4v) is 2.85. The van der Waals surface area contributed by atoms with Gasteiger partial charge in [-0.05, 0) is 32.4 Å². The van der Waals surface area contributed by atoms with E-state index in [0.29, 0.717) is 18.2 Å². The average Bonchev–Trinajstić information content (AvgIpc) is 2.19. The van der Waals surface area contributed by atoms with Gasteiger partial charge >= 0.3 is 0 Å². The molecule has 0 aromatic rings. The minimum Gasteiger partial charge on any atom is -0.378 e. The van der Waals surface area contributed by atoms with E-state index in [0.717, 1.165) is 6.61 Å². The summed E-state index contributed by atoms with van der Waals surface area (Å²) in [5, 5.41) is 3.71. The van der Waals surface area contributed by atoms with Crippen LogP contribution in [0.2, 0.25) is 0 Å². The second-order valence-electron chi connectivity index (χ2n) is 4.53. The number of thioether (sulfide) groups is 1. The third-order valence-corrected chi connectivity index (χ3v) is 3.75. The lowest BCUT2D eigenvalue weighted by Crippen LogP contribution is -2.43. The summed E-state index contributed by atoms with van der Waals surface area (Å²) in [4.78, 5) is 0. The maximum atomic E-state index is 5.74. The molecular weight excluding hydrogens is 206 g/mol. The van der Waals surface area contributed by atoms with Crippen LogP contribution in [0.25, 0.3) is 0 Å². The van der Waals surface area contributed by atoms with E-state index < -0.39 is 0 Å². The summed E-state index contributed by atoms with van der Waals surface area (Å²) in [5.74, 6) is 1.20. The second-order valence-corrected chi connectivity index (χ2v) is 5.44. The van der Waals surface area contributed by atoms with Crippen molar-refractivity contribution in [2.75, 3.05) is 18.6 Å².